The molecule has 3 N–H and O–H groups in total. The Morgan fingerprint density at radius 3 is 2.77 bits per heavy atom. The standard InChI is InChI=1S/C22H25N7O2/c1-13(30)25-15-4-6-16(7-5-15)26-22-27-20-19(21(28-22)31-2)17(11-24-20)14-3-8-18-23-9-10-29(18)12-14/h3,8-12,15-16H,4-7H2,1-2H3,(H,25,30)(H2,24,26,27,28)/t15-,16+. The van der Waals surface area contributed by atoms with Crippen LogP contribution in [0.15, 0.2) is 36.9 Å². The van der Waals surface area contributed by atoms with Crippen molar-refractivity contribution in [3.8, 4) is 17.0 Å². The Kier molecular flexibility index (Phi) is 4.93. The van der Waals surface area contributed by atoms with Crippen molar-refractivity contribution < 1.29 is 9.53 Å². The number of anilines is 1. The first-order valence-corrected chi connectivity index (χ1v) is 10.5. The minimum atomic E-state index is 0.0321. The number of methoxy groups -OCH3 is 1. The molecule has 4 aromatic heterocycles. The van der Waals surface area contributed by atoms with E-state index in [1.165, 1.54) is 0 Å². The Bertz CT molecular complexity index is 1240. The highest BCUT2D eigenvalue weighted by Crippen LogP contribution is 2.34. The number of aromatic nitrogens is 5. The third-order valence-corrected chi connectivity index (χ3v) is 5.86. The van der Waals surface area contributed by atoms with Gasteiger partial charge in [-0.1, -0.05) is 0 Å². The molecule has 1 fully saturated rings. The summed E-state index contributed by atoms with van der Waals surface area (Å²) in [5.74, 6) is 1.11. The van der Waals surface area contributed by atoms with Crippen LogP contribution < -0.4 is 15.4 Å². The Morgan fingerprint density at radius 2 is 2.00 bits per heavy atom. The molecule has 4 aromatic rings. The van der Waals surface area contributed by atoms with Gasteiger partial charge in [0.05, 0.1) is 12.5 Å². The van der Waals surface area contributed by atoms with E-state index in [9.17, 15) is 4.79 Å². The van der Waals surface area contributed by atoms with E-state index >= 15 is 0 Å². The molecule has 1 saturated carbocycles. The summed E-state index contributed by atoms with van der Waals surface area (Å²) in [5, 5.41) is 7.30. The van der Waals surface area contributed by atoms with Crippen LogP contribution in [0.5, 0.6) is 5.88 Å². The summed E-state index contributed by atoms with van der Waals surface area (Å²) in [6.45, 7) is 1.57. The molecule has 0 spiro atoms. The van der Waals surface area contributed by atoms with Gasteiger partial charge in [0.1, 0.15) is 11.3 Å². The first kappa shape index (κ1) is 19.3. The summed E-state index contributed by atoms with van der Waals surface area (Å²) < 4.78 is 7.61. The second kappa shape index (κ2) is 7.90. The summed E-state index contributed by atoms with van der Waals surface area (Å²) in [6.07, 6.45) is 11.5. The number of nitrogens with zero attached hydrogens (tertiary/aromatic N) is 4. The molecule has 9 heteroatoms. The van der Waals surface area contributed by atoms with Crippen molar-refractivity contribution in [3.63, 3.8) is 0 Å². The fourth-order valence-electron chi connectivity index (χ4n) is 4.37. The minimum Gasteiger partial charge on any atom is -0.480 e. The molecule has 0 aliphatic heterocycles. The van der Waals surface area contributed by atoms with Crippen LogP contribution in [0.1, 0.15) is 32.6 Å². The Hall–Kier alpha value is -3.62. The number of rotatable bonds is 5. The van der Waals surface area contributed by atoms with Gasteiger partial charge in [-0.05, 0) is 37.8 Å². The third kappa shape index (κ3) is 3.78. The molecule has 31 heavy (non-hydrogen) atoms. The van der Waals surface area contributed by atoms with Crippen molar-refractivity contribution in [1.82, 2.24) is 29.7 Å². The minimum absolute atomic E-state index is 0.0321. The number of carbonyl (C=O) groups excluding carboxylic acids is 1. The summed E-state index contributed by atoms with van der Waals surface area (Å²) in [6, 6.07) is 4.54. The molecular weight excluding hydrogens is 394 g/mol. The quantitative estimate of drug-likeness (QED) is 0.459. The molecule has 160 valence electrons. The summed E-state index contributed by atoms with van der Waals surface area (Å²) in [5.41, 5.74) is 3.62. The Balaban J connectivity index is 1.40. The van der Waals surface area contributed by atoms with Gasteiger partial charge in [0.25, 0.3) is 0 Å². The highest BCUT2D eigenvalue weighted by molar-refractivity contribution is 5.97. The maximum Gasteiger partial charge on any atom is 0.228 e. The van der Waals surface area contributed by atoms with Gasteiger partial charge in [0.2, 0.25) is 17.7 Å². The van der Waals surface area contributed by atoms with Crippen LogP contribution in [-0.2, 0) is 4.79 Å². The number of aromatic amines is 1. The molecule has 0 unspecified atom stereocenters. The predicted octanol–water partition coefficient (Wildman–Crippen LogP) is 3.14. The molecule has 1 aliphatic carbocycles. The molecule has 5 rings (SSSR count). The van der Waals surface area contributed by atoms with E-state index in [2.05, 4.69) is 25.6 Å². The van der Waals surface area contributed by atoms with E-state index in [4.69, 9.17) is 9.72 Å². The van der Waals surface area contributed by atoms with Crippen molar-refractivity contribution in [2.75, 3.05) is 12.4 Å². The van der Waals surface area contributed by atoms with Crippen LogP contribution >= 0.6 is 0 Å². The van der Waals surface area contributed by atoms with Gasteiger partial charge in [-0.25, -0.2) is 4.98 Å². The topological polar surface area (TPSA) is 109 Å². The Labute approximate surface area is 179 Å². The Morgan fingerprint density at radius 1 is 1.19 bits per heavy atom. The van der Waals surface area contributed by atoms with Gasteiger partial charge < -0.3 is 24.8 Å². The first-order valence-electron chi connectivity index (χ1n) is 10.5. The average molecular weight is 419 g/mol. The van der Waals surface area contributed by atoms with Crippen LogP contribution in [0.3, 0.4) is 0 Å². The number of hydrogen-bond acceptors (Lipinski definition) is 6. The molecule has 4 heterocycles. The van der Waals surface area contributed by atoms with Gasteiger partial charge in [-0.2, -0.15) is 9.97 Å². The normalized spacial score (nSPS) is 18.9. The largest absolute Gasteiger partial charge is 0.480 e. The van der Waals surface area contributed by atoms with E-state index in [1.54, 1.807) is 20.2 Å². The van der Waals surface area contributed by atoms with Gasteiger partial charge in [0, 0.05) is 54.9 Å². The molecule has 9 nitrogen and oxygen atoms in total. The lowest BCUT2D eigenvalue weighted by atomic mass is 9.91. The summed E-state index contributed by atoms with van der Waals surface area (Å²) in [4.78, 5) is 28.2. The first-order chi connectivity index (χ1) is 15.1. The van der Waals surface area contributed by atoms with Gasteiger partial charge in [0.15, 0.2) is 0 Å². The number of ether oxygens (including phenoxy) is 1. The molecule has 0 radical (unpaired) electrons. The van der Waals surface area contributed by atoms with E-state index in [0.29, 0.717) is 11.8 Å². The fraction of sp³-hybridized carbons (Fsp3) is 0.364. The van der Waals surface area contributed by atoms with Crippen LogP contribution in [0.25, 0.3) is 27.8 Å². The molecule has 0 aromatic carbocycles. The second-order valence-corrected chi connectivity index (χ2v) is 7.99. The fourth-order valence-corrected chi connectivity index (χ4v) is 4.37. The van der Waals surface area contributed by atoms with Crippen molar-refractivity contribution in [2.45, 2.75) is 44.7 Å². The number of nitrogens with one attached hydrogen (secondary N) is 3. The van der Waals surface area contributed by atoms with Crippen molar-refractivity contribution in [3.05, 3.63) is 36.9 Å². The van der Waals surface area contributed by atoms with E-state index < -0.39 is 0 Å². The average Bonchev–Trinajstić information content (AvgIpc) is 3.40. The maximum absolute atomic E-state index is 11.3. The molecule has 1 aliphatic rings. The lowest BCUT2D eigenvalue weighted by Crippen LogP contribution is -2.39. The van der Waals surface area contributed by atoms with Crippen LogP contribution in [-0.4, -0.2) is 49.4 Å². The number of amides is 1. The lowest BCUT2D eigenvalue weighted by Gasteiger charge is -2.29. The van der Waals surface area contributed by atoms with Gasteiger partial charge >= 0.3 is 0 Å². The molecule has 1 amide bonds. The van der Waals surface area contributed by atoms with E-state index in [-0.39, 0.29) is 18.0 Å². The molecular formula is C22H25N7O2. The lowest BCUT2D eigenvalue weighted by molar-refractivity contribution is -0.119. The third-order valence-electron chi connectivity index (χ3n) is 5.86. The van der Waals surface area contributed by atoms with Crippen LogP contribution in [0.2, 0.25) is 0 Å². The van der Waals surface area contributed by atoms with Crippen LogP contribution in [0, 0.1) is 0 Å². The predicted molar refractivity (Wildman–Crippen MR) is 118 cm³/mol. The SMILES string of the molecule is COc1nc(N[C@H]2CC[C@@H](NC(C)=O)CC2)nc2[nH]cc(-c3ccc4nccn4c3)c12. The molecule has 0 bridgehead atoms. The number of H-pyrrole nitrogens is 1. The smallest absolute Gasteiger partial charge is 0.228 e. The number of pyridine rings is 1. The van der Waals surface area contributed by atoms with Gasteiger partial charge in [-0.15, -0.1) is 0 Å². The maximum atomic E-state index is 11.3. The summed E-state index contributed by atoms with van der Waals surface area (Å²) >= 11 is 0. The second-order valence-electron chi connectivity index (χ2n) is 7.99. The zero-order chi connectivity index (χ0) is 21.4. The van der Waals surface area contributed by atoms with Crippen molar-refractivity contribution in [1.29, 1.82) is 0 Å². The van der Waals surface area contributed by atoms with Crippen molar-refractivity contribution in [2.24, 2.45) is 0 Å². The number of carbonyl (C=O) groups is 1. The van der Waals surface area contributed by atoms with E-state index in [0.717, 1.165) is 53.5 Å². The highest BCUT2D eigenvalue weighted by Gasteiger charge is 2.23. The van der Waals surface area contributed by atoms with Crippen molar-refractivity contribution >= 4 is 28.5 Å². The van der Waals surface area contributed by atoms with Crippen LogP contribution in [0.4, 0.5) is 5.95 Å². The monoisotopic (exact) mass is 419 g/mol. The zero-order valence-corrected chi connectivity index (χ0v) is 17.6. The molecule has 0 atom stereocenters. The zero-order valence-electron chi connectivity index (χ0n) is 17.6. The highest BCUT2D eigenvalue weighted by atomic mass is 16.5. The molecule has 0 saturated heterocycles. The number of imidazole rings is 1. The van der Waals surface area contributed by atoms with Gasteiger partial charge in [-0.3, -0.25) is 4.79 Å². The number of fused-ring (bicyclic) bond motifs is 2. The number of hydrogen-bond donors (Lipinski definition) is 3. The van der Waals surface area contributed by atoms with E-state index in [1.807, 2.05) is 35.1 Å². The summed E-state index contributed by atoms with van der Waals surface area (Å²) in [7, 11) is 1.63.